The molecule has 2 aromatic carbocycles. The SMILES string of the molecule is Cc1ccc(OCC(=O)N2CCN(c3nc(N)nc4ccc(-c5ccc(C#N)cc5)nc34)CC2)cc1. The van der Waals surface area contributed by atoms with E-state index in [0.29, 0.717) is 54.3 Å². The molecule has 9 nitrogen and oxygen atoms in total. The highest BCUT2D eigenvalue weighted by Gasteiger charge is 2.24. The Morgan fingerprint density at radius 2 is 1.69 bits per heavy atom. The van der Waals surface area contributed by atoms with Crippen LogP contribution in [0.5, 0.6) is 5.75 Å². The van der Waals surface area contributed by atoms with E-state index in [0.717, 1.165) is 16.8 Å². The number of benzene rings is 2. The van der Waals surface area contributed by atoms with Crippen molar-refractivity contribution in [2.24, 2.45) is 0 Å². The Labute approximate surface area is 208 Å². The summed E-state index contributed by atoms with van der Waals surface area (Å²) in [7, 11) is 0. The summed E-state index contributed by atoms with van der Waals surface area (Å²) in [4.78, 5) is 30.3. The van der Waals surface area contributed by atoms with Crippen molar-refractivity contribution >= 4 is 28.7 Å². The van der Waals surface area contributed by atoms with Crippen LogP contribution in [-0.2, 0) is 4.79 Å². The Hall–Kier alpha value is -4.71. The van der Waals surface area contributed by atoms with E-state index in [9.17, 15) is 4.79 Å². The van der Waals surface area contributed by atoms with Crippen molar-refractivity contribution < 1.29 is 9.53 Å². The fourth-order valence-corrected chi connectivity index (χ4v) is 4.15. The zero-order chi connectivity index (χ0) is 25.1. The first-order chi connectivity index (χ1) is 17.5. The van der Waals surface area contributed by atoms with Crippen molar-refractivity contribution in [2.75, 3.05) is 43.4 Å². The lowest BCUT2D eigenvalue weighted by Crippen LogP contribution is -2.50. The molecule has 1 aliphatic rings. The van der Waals surface area contributed by atoms with Crippen molar-refractivity contribution in [1.82, 2.24) is 19.9 Å². The minimum Gasteiger partial charge on any atom is -0.484 e. The van der Waals surface area contributed by atoms with Crippen LogP contribution in [0, 0.1) is 18.3 Å². The van der Waals surface area contributed by atoms with Gasteiger partial charge >= 0.3 is 0 Å². The molecule has 0 spiro atoms. The first-order valence-corrected chi connectivity index (χ1v) is 11.7. The summed E-state index contributed by atoms with van der Waals surface area (Å²) in [6.07, 6.45) is 0. The van der Waals surface area contributed by atoms with Gasteiger partial charge in [0.25, 0.3) is 5.91 Å². The lowest BCUT2D eigenvalue weighted by molar-refractivity contribution is -0.133. The molecular formula is C27H25N7O2. The quantitative estimate of drug-likeness (QED) is 0.463. The van der Waals surface area contributed by atoms with Crippen molar-refractivity contribution in [2.45, 2.75) is 6.92 Å². The number of amides is 1. The Morgan fingerprint density at radius 1 is 0.972 bits per heavy atom. The van der Waals surface area contributed by atoms with Gasteiger partial charge in [-0.05, 0) is 43.3 Å². The Kier molecular flexibility index (Phi) is 6.33. The number of carbonyl (C=O) groups excluding carboxylic acids is 1. The highest BCUT2D eigenvalue weighted by molar-refractivity contribution is 5.89. The van der Waals surface area contributed by atoms with Crippen LogP contribution >= 0.6 is 0 Å². The number of nitriles is 1. The second-order valence-corrected chi connectivity index (χ2v) is 8.63. The number of rotatable bonds is 5. The third-order valence-corrected chi connectivity index (χ3v) is 6.17. The maximum absolute atomic E-state index is 12.7. The number of nitrogens with zero attached hydrogens (tertiary/aromatic N) is 6. The summed E-state index contributed by atoms with van der Waals surface area (Å²) < 4.78 is 5.66. The Balaban J connectivity index is 1.31. The highest BCUT2D eigenvalue weighted by atomic mass is 16.5. The number of pyridine rings is 1. The van der Waals surface area contributed by atoms with Crippen molar-refractivity contribution in [3.8, 4) is 23.1 Å². The van der Waals surface area contributed by atoms with Gasteiger partial charge in [-0.15, -0.1) is 0 Å². The molecule has 1 fully saturated rings. The van der Waals surface area contributed by atoms with Crippen LogP contribution in [0.4, 0.5) is 11.8 Å². The average molecular weight is 480 g/mol. The van der Waals surface area contributed by atoms with Crippen LogP contribution in [0.3, 0.4) is 0 Å². The summed E-state index contributed by atoms with van der Waals surface area (Å²) in [6, 6.07) is 20.8. The minimum absolute atomic E-state index is 0.00194. The smallest absolute Gasteiger partial charge is 0.260 e. The molecule has 4 aromatic rings. The molecule has 2 N–H and O–H groups in total. The predicted molar refractivity (Wildman–Crippen MR) is 137 cm³/mol. The molecule has 36 heavy (non-hydrogen) atoms. The topological polar surface area (TPSA) is 121 Å². The van der Waals surface area contributed by atoms with Crippen LogP contribution < -0.4 is 15.4 Å². The first kappa shape index (κ1) is 23.1. The van der Waals surface area contributed by atoms with E-state index in [1.54, 1.807) is 17.0 Å². The van der Waals surface area contributed by atoms with Crippen LogP contribution in [0.25, 0.3) is 22.3 Å². The zero-order valence-corrected chi connectivity index (χ0v) is 19.9. The standard InChI is InChI=1S/C27H25N7O2/c1-18-2-8-21(9-3-18)36-17-24(35)33-12-14-34(15-13-33)26-25-23(31-27(29)32-26)11-10-22(30-25)20-6-4-19(16-28)5-7-20/h2-11H,12-15,17H2,1H3,(H2,29,31,32). The van der Waals surface area contributed by atoms with E-state index < -0.39 is 0 Å². The number of piperazine rings is 1. The number of aromatic nitrogens is 3. The van der Waals surface area contributed by atoms with E-state index >= 15 is 0 Å². The van der Waals surface area contributed by atoms with Crippen LogP contribution in [0.15, 0.2) is 60.7 Å². The monoisotopic (exact) mass is 479 g/mol. The van der Waals surface area contributed by atoms with Gasteiger partial charge in [0, 0.05) is 31.7 Å². The first-order valence-electron chi connectivity index (χ1n) is 11.7. The number of ether oxygens (including phenoxy) is 1. The summed E-state index contributed by atoms with van der Waals surface area (Å²) in [5.41, 5.74) is 10.7. The molecule has 0 atom stereocenters. The zero-order valence-electron chi connectivity index (χ0n) is 19.9. The number of fused-ring (bicyclic) bond motifs is 1. The van der Waals surface area contributed by atoms with E-state index in [1.165, 1.54) is 0 Å². The number of anilines is 2. The molecule has 1 amide bonds. The largest absolute Gasteiger partial charge is 0.484 e. The molecule has 0 radical (unpaired) electrons. The molecule has 9 heteroatoms. The molecule has 0 saturated carbocycles. The summed E-state index contributed by atoms with van der Waals surface area (Å²) in [6.45, 7) is 4.26. The summed E-state index contributed by atoms with van der Waals surface area (Å²) in [5.74, 6) is 1.45. The van der Waals surface area contributed by atoms with Crippen molar-refractivity contribution in [1.29, 1.82) is 5.26 Å². The lowest BCUT2D eigenvalue weighted by atomic mass is 10.1. The third-order valence-electron chi connectivity index (χ3n) is 6.17. The highest BCUT2D eigenvalue weighted by Crippen LogP contribution is 2.27. The molecule has 0 unspecified atom stereocenters. The number of nitrogen functional groups attached to an aromatic ring is 1. The average Bonchev–Trinajstić information content (AvgIpc) is 2.92. The van der Waals surface area contributed by atoms with Crippen molar-refractivity contribution in [3.05, 3.63) is 71.8 Å². The molecule has 3 heterocycles. The van der Waals surface area contributed by atoms with Gasteiger partial charge < -0.3 is 20.3 Å². The van der Waals surface area contributed by atoms with Crippen LogP contribution in [0.1, 0.15) is 11.1 Å². The van der Waals surface area contributed by atoms with Gasteiger partial charge in [0.15, 0.2) is 12.4 Å². The van der Waals surface area contributed by atoms with Gasteiger partial charge in [0.2, 0.25) is 5.95 Å². The number of hydrogen-bond acceptors (Lipinski definition) is 8. The molecule has 180 valence electrons. The molecule has 2 aromatic heterocycles. The Morgan fingerprint density at radius 3 is 2.39 bits per heavy atom. The van der Waals surface area contributed by atoms with E-state index in [-0.39, 0.29) is 18.5 Å². The predicted octanol–water partition coefficient (Wildman–Crippen LogP) is 3.18. The van der Waals surface area contributed by atoms with Crippen LogP contribution in [-0.4, -0.2) is 58.5 Å². The normalized spacial score (nSPS) is 13.4. The molecule has 5 rings (SSSR count). The number of hydrogen-bond donors (Lipinski definition) is 1. The van der Waals surface area contributed by atoms with Gasteiger partial charge in [-0.1, -0.05) is 29.8 Å². The summed E-state index contributed by atoms with van der Waals surface area (Å²) >= 11 is 0. The second kappa shape index (κ2) is 9.88. The van der Waals surface area contributed by atoms with Gasteiger partial charge in [0.1, 0.15) is 11.3 Å². The van der Waals surface area contributed by atoms with E-state index in [4.69, 9.17) is 20.7 Å². The van der Waals surface area contributed by atoms with E-state index in [2.05, 4.69) is 20.9 Å². The number of nitrogens with two attached hydrogens (primary N) is 1. The third kappa shape index (κ3) is 4.88. The fourth-order valence-electron chi connectivity index (χ4n) is 4.15. The molecular weight excluding hydrogens is 454 g/mol. The van der Waals surface area contributed by atoms with E-state index in [1.807, 2.05) is 55.5 Å². The van der Waals surface area contributed by atoms with Crippen LogP contribution in [0.2, 0.25) is 0 Å². The Bertz CT molecular complexity index is 1440. The molecule has 1 aliphatic heterocycles. The summed E-state index contributed by atoms with van der Waals surface area (Å²) in [5, 5.41) is 9.06. The fraction of sp³-hybridized carbons (Fsp3) is 0.222. The van der Waals surface area contributed by atoms with Crippen molar-refractivity contribution in [3.63, 3.8) is 0 Å². The number of aryl methyl sites for hydroxylation is 1. The van der Waals surface area contributed by atoms with Gasteiger partial charge in [-0.2, -0.15) is 10.2 Å². The second-order valence-electron chi connectivity index (χ2n) is 8.63. The van der Waals surface area contributed by atoms with Gasteiger partial charge in [-0.3, -0.25) is 4.79 Å². The van der Waals surface area contributed by atoms with Gasteiger partial charge in [0.05, 0.1) is 22.8 Å². The molecule has 0 aliphatic carbocycles. The molecule has 1 saturated heterocycles. The number of carbonyl (C=O) groups is 1. The lowest BCUT2D eigenvalue weighted by Gasteiger charge is -2.35. The maximum atomic E-state index is 12.7. The minimum atomic E-state index is -0.0523. The molecule has 0 bridgehead atoms. The van der Waals surface area contributed by atoms with Gasteiger partial charge in [-0.25, -0.2) is 9.97 Å². The maximum Gasteiger partial charge on any atom is 0.260 e.